The van der Waals surface area contributed by atoms with Crippen LogP contribution in [0.2, 0.25) is 0 Å². The highest BCUT2D eigenvalue weighted by Crippen LogP contribution is 2.16. The molecule has 0 aliphatic carbocycles. The minimum atomic E-state index is 0.0266. The summed E-state index contributed by atoms with van der Waals surface area (Å²) in [6.45, 7) is 2.47. The summed E-state index contributed by atoms with van der Waals surface area (Å²) in [4.78, 5) is 0. The number of nitrogens with zero attached hydrogens (tertiary/aromatic N) is 2. The molecule has 0 radical (unpaired) electrons. The third-order valence-electron chi connectivity index (χ3n) is 2.00. The van der Waals surface area contributed by atoms with Crippen LogP contribution in [0.5, 0.6) is 0 Å². The smallest absolute Gasteiger partial charge is 0.0629 e. The van der Waals surface area contributed by atoms with Crippen molar-refractivity contribution in [1.82, 2.24) is 9.78 Å². The Morgan fingerprint density at radius 1 is 1.75 bits per heavy atom. The van der Waals surface area contributed by atoms with Gasteiger partial charge in [-0.1, -0.05) is 0 Å². The highest BCUT2D eigenvalue weighted by Gasteiger charge is 2.13. The van der Waals surface area contributed by atoms with Gasteiger partial charge in [0.15, 0.2) is 0 Å². The average Bonchev–Trinajstić information content (AvgIpc) is 2.34. The van der Waals surface area contributed by atoms with Crippen LogP contribution in [-0.4, -0.2) is 28.0 Å². The van der Waals surface area contributed by atoms with Crippen molar-refractivity contribution in [3.05, 3.63) is 17.5 Å². The molecule has 3 N–H and O–H groups in total. The lowest BCUT2D eigenvalue weighted by atomic mass is 10.0. The summed E-state index contributed by atoms with van der Waals surface area (Å²) >= 11 is 0. The molecule has 1 heterocycles. The first-order valence-electron chi connectivity index (χ1n) is 4.00. The Bertz CT molecular complexity index is 253. The first-order valence-corrected chi connectivity index (χ1v) is 4.00. The maximum absolute atomic E-state index is 9.00. The standard InChI is InChI=1S/C8H15N3O/c1-6-8(4-11(2)10-6)7(3-9)5-12/h4,7,12H,3,5,9H2,1-2H3. The zero-order valence-corrected chi connectivity index (χ0v) is 7.49. The maximum Gasteiger partial charge on any atom is 0.0629 e. The number of hydrogen-bond acceptors (Lipinski definition) is 3. The van der Waals surface area contributed by atoms with Crippen LogP contribution in [-0.2, 0) is 7.05 Å². The molecule has 12 heavy (non-hydrogen) atoms. The molecule has 1 atom stereocenters. The molecule has 0 amide bonds. The van der Waals surface area contributed by atoms with Crippen molar-refractivity contribution >= 4 is 0 Å². The van der Waals surface area contributed by atoms with Crippen LogP contribution in [0.4, 0.5) is 0 Å². The van der Waals surface area contributed by atoms with E-state index in [4.69, 9.17) is 10.8 Å². The van der Waals surface area contributed by atoms with E-state index in [1.807, 2.05) is 20.2 Å². The van der Waals surface area contributed by atoms with E-state index in [2.05, 4.69) is 5.10 Å². The van der Waals surface area contributed by atoms with Crippen molar-refractivity contribution in [3.63, 3.8) is 0 Å². The minimum absolute atomic E-state index is 0.0266. The Morgan fingerprint density at radius 3 is 2.75 bits per heavy atom. The molecule has 68 valence electrons. The first kappa shape index (κ1) is 9.22. The summed E-state index contributed by atoms with van der Waals surface area (Å²) in [5.41, 5.74) is 7.49. The van der Waals surface area contributed by atoms with Gasteiger partial charge in [0.05, 0.1) is 12.3 Å². The minimum Gasteiger partial charge on any atom is -0.396 e. The number of rotatable bonds is 3. The van der Waals surface area contributed by atoms with Crippen LogP contribution >= 0.6 is 0 Å². The van der Waals surface area contributed by atoms with Crippen molar-refractivity contribution < 1.29 is 5.11 Å². The van der Waals surface area contributed by atoms with E-state index in [1.165, 1.54) is 0 Å². The SMILES string of the molecule is Cc1nn(C)cc1C(CN)CO. The zero-order valence-electron chi connectivity index (χ0n) is 7.49. The van der Waals surface area contributed by atoms with Crippen LogP contribution in [0.25, 0.3) is 0 Å². The molecule has 0 saturated heterocycles. The maximum atomic E-state index is 9.00. The van der Waals surface area contributed by atoms with Crippen molar-refractivity contribution in [2.24, 2.45) is 12.8 Å². The van der Waals surface area contributed by atoms with E-state index in [1.54, 1.807) is 4.68 Å². The predicted octanol–water partition coefficient (Wildman–Crippen LogP) is -0.237. The lowest BCUT2D eigenvalue weighted by Crippen LogP contribution is -2.16. The molecule has 1 unspecified atom stereocenters. The fourth-order valence-corrected chi connectivity index (χ4v) is 1.32. The quantitative estimate of drug-likeness (QED) is 0.656. The Hall–Kier alpha value is -0.870. The van der Waals surface area contributed by atoms with Gasteiger partial charge >= 0.3 is 0 Å². The van der Waals surface area contributed by atoms with E-state index >= 15 is 0 Å². The van der Waals surface area contributed by atoms with Gasteiger partial charge in [-0.15, -0.1) is 0 Å². The highest BCUT2D eigenvalue weighted by atomic mass is 16.3. The number of hydrogen-bond donors (Lipinski definition) is 2. The summed E-state index contributed by atoms with van der Waals surface area (Å²) < 4.78 is 1.74. The molecule has 0 aliphatic heterocycles. The average molecular weight is 169 g/mol. The largest absolute Gasteiger partial charge is 0.396 e. The summed E-state index contributed by atoms with van der Waals surface area (Å²) in [7, 11) is 1.86. The van der Waals surface area contributed by atoms with Gasteiger partial charge in [-0.05, 0) is 12.5 Å². The Labute approximate surface area is 72.0 Å². The van der Waals surface area contributed by atoms with E-state index < -0.39 is 0 Å². The molecule has 0 aliphatic rings. The van der Waals surface area contributed by atoms with Gasteiger partial charge in [-0.3, -0.25) is 4.68 Å². The molecule has 1 aromatic rings. The van der Waals surface area contributed by atoms with Gasteiger partial charge in [0, 0.05) is 25.7 Å². The third-order valence-corrected chi connectivity index (χ3v) is 2.00. The molecular weight excluding hydrogens is 154 g/mol. The predicted molar refractivity (Wildman–Crippen MR) is 46.8 cm³/mol. The van der Waals surface area contributed by atoms with E-state index in [0.29, 0.717) is 6.54 Å². The van der Waals surface area contributed by atoms with Crippen molar-refractivity contribution in [3.8, 4) is 0 Å². The number of aromatic nitrogens is 2. The Kier molecular flexibility index (Phi) is 2.83. The number of aliphatic hydroxyl groups excluding tert-OH is 1. The molecule has 0 aromatic carbocycles. The first-order chi connectivity index (χ1) is 5.69. The van der Waals surface area contributed by atoms with E-state index in [-0.39, 0.29) is 12.5 Å². The molecular formula is C8H15N3O. The van der Waals surface area contributed by atoms with E-state index in [0.717, 1.165) is 11.3 Å². The second-order valence-corrected chi connectivity index (χ2v) is 2.96. The molecule has 1 rings (SSSR count). The molecule has 0 bridgehead atoms. The molecule has 0 fully saturated rings. The summed E-state index contributed by atoms with van der Waals surface area (Å²) in [5, 5.41) is 13.2. The molecule has 0 spiro atoms. The van der Waals surface area contributed by atoms with Crippen molar-refractivity contribution in [1.29, 1.82) is 0 Å². The van der Waals surface area contributed by atoms with Gasteiger partial charge in [0.25, 0.3) is 0 Å². The highest BCUT2D eigenvalue weighted by molar-refractivity contribution is 5.21. The number of aliphatic hydroxyl groups is 1. The normalized spacial score (nSPS) is 13.3. The van der Waals surface area contributed by atoms with Gasteiger partial charge < -0.3 is 10.8 Å². The second kappa shape index (κ2) is 3.69. The van der Waals surface area contributed by atoms with Crippen molar-refractivity contribution in [2.45, 2.75) is 12.8 Å². The van der Waals surface area contributed by atoms with Crippen LogP contribution < -0.4 is 5.73 Å². The molecule has 1 aromatic heterocycles. The fraction of sp³-hybridized carbons (Fsp3) is 0.625. The third kappa shape index (κ3) is 1.65. The fourth-order valence-electron chi connectivity index (χ4n) is 1.32. The second-order valence-electron chi connectivity index (χ2n) is 2.96. The van der Waals surface area contributed by atoms with Gasteiger partial charge in [0.2, 0.25) is 0 Å². The zero-order chi connectivity index (χ0) is 9.14. The topological polar surface area (TPSA) is 64.1 Å². The summed E-state index contributed by atoms with van der Waals surface area (Å²) in [6, 6.07) is 0. The van der Waals surface area contributed by atoms with E-state index in [9.17, 15) is 0 Å². The lowest BCUT2D eigenvalue weighted by molar-refractivity contribution is 0.267. The molecule has 4 nitrogen and oxygen atoms in total. The Morgan fingerprint density at radius 2 is 2.42 bits per heavy atom. The number of aryl methyl sites for hydroxylation is 2. The van der Waals surface area contributed by atoms with Crippen LogP contribution in [0.1, 0.15) is 17.2 Å². The Balaban J connectivity index is 2.91. The monoisotopic (exact) mass is 169 g/mol. The van der Waals surface area contributed by atoms with Crippen LogP contribution in [0.15, 0.2) is 6.20 Å². The van der Waals surface area contributed by atoms with Gasteiger partial charge in [-0.2, -0.15) is 5.10 Å². The van der Waals surface area contributed by atoms with Crippen molar-refractivity contribution in [2.75, 3.05) is 13.2 Å². The lowest BCUT2D eigenvalue weighted by Gasteiger charge is -2.08. The van der Waals surface area contributed by atoms with Crippen LogP contribution in [0, 0.1) is 6.92 Å². The van der Waals surface area contributed by atoms with Gasteiger partial charge in [0.1, 0.15) is 0 Å². The number of nitrogens with two attached hydrogens (primary N) is 1. The van der Waals surface area contributed by atoms with Gasteiger partial charge in [-0.25, -0.2) is 0 Å². The molecule has 0 saturated carbocycles. The summed E-state index contributed by atoms with van der Waals surface area (Å²) in [6.07, 6.45) is 1.91. The molecule has 4 heteroatoms. The summed E-state index contributed by atoms with van der Waals surface area (Å²) in [5.74, 6) is 0.0266. The van der Waals surface area contributed by atoms with Crippen LogP contribution in [0.3, 0.4) is 0 Å².